The Balaban J connectivity index is -0.00000338. The second-order valence-electron chi connectivity index (χ2n) is 8.52. The Kier molecular flexibility index (Phi) is 28.3. The van der Waals surface area contributed by atoms with E-state index in [2.05, 4.69) is 55.1 Å². The van der Waals surface area contributed by atoms with Gasteiger partial charge in [-0.05, 0) is 6.42 Å². The summed E-state index contributed by atoms with van der Waals surface area (Å²) in [5.74, 6) is 0. The van der Waals surface area contributed by atoms with E-state index in [0.717, 1.165) is 0 Å². The van der Waals surface area contributed by atoms with Crippen molar-refractivity contribution >= 4 is 11.5 Å². The summed E-state index contributed by atoms with van der Waals surface area (Å²) in [5, 5.41) is 0. The van der Waals surface area contributed by atoms with Crippen LogP contribution in [0.2, 0.25) is 0 Å². The van der Waals surface area contributed by atoms with Crippen molar-refractivity contribution in [3.05, 3.63) is 0 Å². The topological polar surface area (TPSA) is 9.72 Å². The van der Waals surface area contributed by atoms with Gasteiger partial charge < -0.3 is 0 Å². The molecule has 0 aromatic heterocycles. The predicted octanol–water partition coefficient (Wildman–Crippen LogP) is 6.97. The third-order valence-electron chi connectivity index (χ3n) is 5.26. The normalized spacial score (nSPS) is 11.4. The molecule has 0 saturated heterocycles. The molecule has 0 heterocycles. The van der Waals surface area contributed by atoms with Gasteiger partial charge in [-0.2, -0.15) is 0 Å². The predicted molar refractivity (Wildman–Crippen MR) is 132 cm³/mol. The van der Waals surface area contributed by atoms with Crippen LogP contribution in [0.25, 0.3) is 0 Å². The molecular formula is C23H54F2N3S+. The van der Waals surface area contributed by atoms with Gasteiger partial charge >= 0.3 is 0 Å². The van der Waals surface area contributed by atoms with Gasteiger partial charge in [-0.3, -0.25) is 9.41 Å². The van der Waals surface area contributed by atoms with Crippen LogP contribution in [-0.2, 0) is 11.5 Å². The van der Waals surface area contributed by atoms with E-state index < -0.39 is 0 Å². The molecule has 180 valence electrons. The zero-order valence-electron chi connectivity index (χ0n) is 20.6. The molecule has 0 aliphatic rings. The monoisotopic (exact) mass is 442 g/mol. The van der Waals surface area contributed by atoms with Gasteiger partial charge in [0.25, 0.3) is 11.5 Å². The number of nitrogens with zero attached hydrogens (tertiary/aromatic N) is 3. The first kappa shape index (κ1) is 33.7. The van der Waals surface area contributed by atoms with Crippen molar-refractivity contribution < 1.29 is 9.41 Å². The molecule has 0 radical (unpaired) electrons. The zero-order chi connectivity index (χ0) is 20.3. The third kappa shape index (κ3) is 21.1. The van der Waals surface area contributed by atoms with E-state index in [4.69, 9.17) is 0 Å². The fourth-order valence-corrected chi connectivity index (χ4v) is 5.91. The second-order valence-corrected chi connectivity index (χ2v) is 11.1. The van der Waals surface area contributed by atoms with Crippen LogP contribution in [0, 0.1) is 0 Å². The van der Waals surface area contributed by atoms with E-state index in [1.54, 1.807) is 0 Å². The summed E-state index contributed by atoms with van der Waals surface area (Å²) in [6.07, 6.45) is 23.0. The number of rotatable bonds is 20. The van der Waals surface area contributed by atoms with Crippen molar-refractivity contribution in [2.45, 2.75) is 110 Å². The Labute approximate surface area is 185 Å². The molecule has 0 bridgehead atoms. The first-order valence-electron chi connectivity index (χ1n) is 11.8. The van der Waals surface area contributed by atoms with Gasteiger partial charge in [0.1, 0.15) is 0 Å². The lowest BCUT2D eigenvalue weighted by molar-refractivity contribution is 0.441. The molecule has 0 unspecified atom stereocenters. The smallest absolute Gasteiger partial charge is 0.266 e. The van der Waals surface area contributed by atoms with Crippen LogP contribution in [0.5, 0.6) is 0 Å². The summed E-state index contributed by atoms with van der Waals surface area (Å²) in [7, 11) is 11.0. The number of unbranched alkanes of at least 4 members (excludes halogenated alkanes) is 15. The van der Waals surface area contributed by atoms with E-state index in [1.165, 1.54) is 109 Å². The van der Waals surface area contributed by atoms with Crippen LogP contribution in [-0.4, -0.2) is 54.7 Å². The van der Waals surface area contributed by atoms with Crippen LogP contribution in [0.3, 0.4) is 0 Å². The van der Waals surface area contributed by atoms with Gasteiger partial charge in [-0.25, -0.2) is 0 Å². The summed E-state index contributed by atoms with van der Waals surface area (Å²) < 4.78 is 7.11. The van der Waals surface area contributed by atoms with Crippen LogP contribution >= 0.6 is 0 Å². The number of hydrogen-bond acceptors (Lipinski definition) is 3. The molecule has 0 N–H and O–H groups in total. The van der Waals surface area contributed by atoms with Gasteiger partial charge in [0.05, 0.1) is 0 Å². The lowest BCUT2D eigenvalue weighted by Gasteiger charge is -2.23. The van der Waals surface area contributed by atoms with Gasteiger partial charge in [-0.15, -0.1) is 0 Å². The first-order chi connectivity index (χ1) is 13.0. The standard InChI is InChI=1S/C23H52N3S.2FH/c1-7-8-9-10-11-12-13-14-15-16-17-18-19-20-21-22-23-26(6)27(24(2)3)25(4)5;;/h7-23H2,1-6H3;2*1H/q+1;;. The molecule has 0 fully saturated rings. The largest absolute Gasteiger partial charge is 0.269 e. The van der Waals surface area contributed by atoms with Crippen molar-refractivity contribution in [3.63, 3.8) is 0 Å². The maximum Gasteiger partial charge on any atom is 0.266 e. The van der Waals surface area contributed by atoms with Crippen molar-refractivity contribution in [2.75, 3.05) is 41.8 Å². The molecule has 6 heteroatoms. The lowest BCUT2D eigenvalue weighted by atomic mass is 10.0. The second kappa shape index (κ2) is 24.4. The molecular weight excluding hydrogens is 388 g/mol. The average molecular weight is 443 g/mol. The van der Waals surface area contributed by atoms with Crippen LogP contribution in [0.15, 0.2) is 0 Å². The minimum absolute atomic E-state index is 0. The van der Waals surface area contributed by atoms with Crippen LogP contribution < -0.4 is 0 Å². The SMILES string of the molecule is CCCCCCCCCCCCCCCCCCN(C)[S+](N(C)C)N(C)C.F.F. The van der Waals surface area contributed by atoms with E-state index in [-0.39, 0.29) is 20.9 Å². The molecule has 0 aromatic rings. The van der Waals surface area contributed by atoms with Crippen LogP contribution in [0.1, 0.15) is 110 Å². The average Bonchev–Trinajstić information content (AvgIpc) is 2.60. The molecule has 0 aliphatic carbocycles. The van der Waals surface area contributed by atoms with E-state index in [0.29, 0.717) is 0 Å². The minimum Gasteiger partial charge on any atom is -0.269 e. The first-order valence-corrected chi connectivity index (χ1v) is 12.9. The highest BCUT2D eigenvalue weighted by atomic mass is 32.2. The molecule has 0 aliphatic heterocycles. The quantitative estimate of drug-likeness (QED) is 0.149. The van der Waals surface area contributed by atoms with Gasteiger partial charge in [0, 0.05) is 41.8 Å². The molecule has 29 heavy (non-hydrogen) atoms. The highest BCUT2D eigenvalue weighted by molar-refractivity contribution is 7.90. The maximum atomic E-state index is 2.49. The Morgan fingerprint density at radius 3 is 1.00 bits per heavy atom. The van der Waals surface area contributed by atoms with E-state index in [1.807, 2.05) is 0 Å². The molecule has 0 atom stereocenters. The maximum absolute atomic E-state index is 2.49. The Morgan fingerprint density at radius 1 is 0.448 bits per heavy atom. The Morgan fingerprint density at radius 2 is 0.724 bits per heavy atom. The summed E-state index contributed by atoms with van der Waals surface area (Å²) >= 11 is 0.109. The molecule has 0 saturated carbocycles. The summed E-state index contributed by atoms with van der Waals surface area (Å²) in [6, 6.07) is 0. The fraction of sp³-hybridized carbons (Fsp3) is 1.00. The number of hydrogen-bond donors (Lipinski definition) is 0. The third-order valence-corrected chi connectivity index (χ3v) is 7.31. The zero-order valence-corrected chi connectivity index (χ0v) is 21.4. The van der Waals surface area contributed by atoms with Crippen molar-refractivity contribution in [1.29, 1.82) is 0 Å². The lowest BCUT2D eigenvalue weighted by Crippen LogP contribution is -2.46. The van der Waals surface area contributed by atoms with E-state index >= 15 is 0 Å². The minimum atomic E-state index is 0. The number of halogens is 2. The Bertz CT molecular complexity index is 300. The summed E-state index contributed by atoms with van der Waals surface area (Å²) in [5.41, 5.74) is 0. The summed E-state index contributed by atoms with van der Waals surface area (Å²) in [4.78, 5) is 0. The fourth-order valence-electron chi connectivity index (χ4n) is 3.85. The molecule has 0 rings (SSSR count). The van der Waals surface area contributed by atoms with Gasteiger partial charge in [0.2, 0.25) is 0 Å². The van der Waals surface area contributed by atoms with Gasteiger partial charge in [0.15, 0.2) is 0 Å². The van der Waals surface area contributed by atoms with Crippen molar-refractivity contribution in [3.8, 4) is 0 Å². The highest BCUT2D eigenvalue weighted by Gasteiger charge is 2.32. The Hall–Kier alpha value is 0.0900. The molecule has 3 nitrogen and oxygen atoms in total. The van der Waals surface area contributed by atoms with Crippen molar-refractivity contribution in [2.24, 2.45) is 0 Å². The summed E-state index contributed by atoms with van der Waals surface area (Å²) in [6.45, 7) is 3.50. The molecule has 0 spiro atoms. The molecule has 0 amide bonds. The van der Waals surface area contributed by atoms with Crippen molar-refractivity contribution in [1.82, 2.24) is 12.9 Å². The van der Waals surface area contributed by atoms with Crippen LogP contribution in [0.4, 0.5) is 9.41 Å². The van der Waals surface area contributed by atoms with Gasteiger partial charge in [-0.1, -0.05) is 116 Å². The van der Waals surface area contributed by atoms with E-state index in [9.17, 15) is 0 Å². The molecule has 0 aromatic carbocycles. The highest BCUT2D eigenvalue weighted by Crippen LogP contribution is 2.15.